The zero-order valence-electron chi connectivity index (χ0n) is 9.17. The van der Waals surface area contributed by atoms with Crippen molar-refractivity contribution in [3.05, 3.63) is 22.7 Å². The highest BCUT2D eigenvalue weighted by atomic mass is 31.3. The van der Waals surface area contributed by atoms with Crippen LogP contribution in [-0.2, 0) is 22.3 Å². The second-order valence-electron chi connectivity index (χ2n) is 2.89. The first-order valence-corrected chi connectivity index (χ1v) is 8.41. The Bertz CT molecular complexity index is 664. The fraction of sp³-hybridized carbons (Fsp3) is 0. The van der Waals surface area contributed by atoms with Crippen molar-refractivity contribution in [1.29, 1.82) is 0 Å². The van der Waals surface area contributed by atoms with Gasteiger partial charge >= 0.3 is 29.6 Å². The minimum atomic E-state index is -5.36. The summed E-state index contributed by atoms with van der Waals surface area (Å²) in [6.07, 6.45) is 0.882. The maximum Gasteiger partial charge on any atom is 0.782 e. The molecule has 112 valence electrons. The van der Waals surface area contributed by atoms with Gasteiger partial charge in [0.25, 0.3) is 0 Å². The highest BCUT2D eigenvalue weighted by Crippen LogP contribution is 2.61. The zero-order valence-corrected chi connectivity index (χ0v) is 11.9. The van der Waals surface area contributed by atoms with Gasteiger partial charge in [0, 0.05) is 14.9 Å². The summed E-state index contributed by atoms with van der Waals surface area (Å²) >= 11 is 0. The highest BCUT2D eigenvalue weighted by Gasteiger charge is 2.44. The maximum atomic E-state index is 11.2. The van der Waals surface area contributed by atoms with Crippen molar-refractivity contribution in [2.24, 2.45) is 0 Å². The average molecular weight is 350 g/mol. The van der Waals surface area contributed by atoms with Gasteiger partial charge in [0.05, 0.1) is 6.20 Å². The van der Waals surface area contributed by atoms with E-state index < -0.39 is 29.6 Å². The summed E-state index contributed by atoms with van der Waals surface area (Å²) in [5.74, 6) is -0.163. The molecule has 1 aromatic heterocycles. The van der Waals surface area contributed by atoms with Crippen molar-refractivity contribution >= 4 is 29.7 Å². The summed E-state index contributed by atoms with van der Waals surface area (Å²) in [5.41, 5.74) is 4.04. The molecule has 0 aromatic carbocycles. The first-order valence-electron chi connectivity index (χ1n) is 4.29. The van der Waals surface area contributed by atoms with Gasteiger partial charge in [0.2, 0.25) is 0 Å². The normalized spacial score (nSPS) is 15.4. The SMILES string of the molecule is Nc1ccn(O[P+](=O)OP(=O)(O)OP(=O)(O)O)c(=O)n1. The van der Waals surface area contributed by atoms with Crippen LogP contribution in [0.1, 0.15) is 0 Å². The van der Waals surface area contributed by atoms with E-state index in [2.05, 4.69) is 18.2 Å². The number of phosphoric acid groups is 2. The van der Waals surface area contributed by atoms with E-state index in [0.717, 1.165) is 12.3 Å². The lowest BCUT2D eigenvalue weighted by Gasteiger charge is -2.05. The monoisotopic (exact) mass is 350 g/mol. The Morgan fingerprint density at radius 3 is 2.45 bits per heavy atom. The van der Waals surface area contributed by atoms with Gasteiger partial charge < -0.3 is 15.5 Å². The van der Waals surface area contributed by atoms with Crippen LogP contribution in [0.3, 0.4) is 0 Å². The van der Waals surface area contributed by atoms with Crippen molar-refractivity contribution in [2.75, 3.05) is 5.73 Å². The second kappa shape index (κ2) is 6.08. The van der Waals surface area contributed by atoms with E-state index in [4.69, 9.17) is 20.4 Å². The van der Waals surface area contributed by atoms with Crippen molar-refractivity contribution in [1.82, 2.24) is 9.71 Å². The average Bonchev–Trinajstić information content (AvgIpc) is 2.17. The van der Waals surface area contributed by atoms with Crippen LogP contribution in [0.5, 0.6) is 0 Å². The number of nitrogens with two attached hydrogens (primary N) is 1. The molecule has 0 amide bonds. The standard InChI is InChI=1S/C4H6N3O10P3/c5-3-1-2-7(4(8)6-3)15-18(9)16-20(13,14)17-19(10,11)12/h1-2H,(H4-,5,6,8,10,11,12,13,14)/p+1. The molecule has 1 aromatic rings. The van der Waals surface area contributed by atoms with Gasteiger partial charge in [0.15, 0.2) is 0 Å². The Balaban J connectivity index is 2.75. The Morgan fingerprint density at radius 2 is 1.95 bits per heavy atom. The summed E-state index contributed by atoms with van der Waals surface area (Å²) in [4.78, 5) is 39.7. The van der Waals surface area contributed by atoms with Crippen LogP contribution in [0.2, 0.25) is 0 Å². The molecule has 0 saturated heterocycles. The topological polar surface area (TPSA) is 200 Å². The predicted octanol–water partition coefficient (Wildman–Crippen LogP) is -0.862. The number of rotatable bonds is 6. The third-order valence-electron chi connectivity index (χ3n) is 1.33. The quantitative estimate of drug-likeness (QED) is 0.463. The Morgan fingerprint density at radius 1 is 1.35 bits per heavy atom. The molecule has 0 aliphatic heterocycles. The number of hydrogen-bond donors (Lipinski definition) is 4. The molecular weight excluding hydrogens is 343 g/mol. The molecule has 13 nitrogen and oxygen atoms in total. The Kier molecular flexibility index (Phi) is 5.14. The fourth-order valence-corrected chi connectivity index (χ4v) is 3.31. The van der Waals surface area contributed by atoms with Crippen molar-refractivity contribution in [3.63, 3.8) is 0 Å². The van der Waals surface area contributed by atoms with E-state index in [-0.39, 0.29) is 10.5 Å². The van der Waals surface area contributed by atoms with Gasteiger partial charge in [-0.05, 0) is 0 Å². The maximum absolute atomic E-state index is 11.2. The predicted molar refractivity (Wildman–Crippen MR) is 61.1 cm³/mol. The number of hydrogen-bond acceptors (Lipinski definition) is 9. The molecule has 20 heavy (non-hydrogen) atoms. The third kappa shape index (κ3) is 5.87. The van der Waals surface area contributed by atoms with Crippen LogP contribution >= 0.6 is 23.9 Å². The summed E-state index contributed by atoms with van der Waals surface area (Å²) in [5, 5.41) is 0. The largest absolute Gasteiger partial charge is 0.782 e. The van der Waals surface area contributed by atoms with Gasteiger partial charge in [-0.25, -0.2) is 13.9 Å². The van der Waals surface area contributed by atoms with Crippen LogP contribution in [0.15, 0.2) is 17.1 Å². The van der Waals surface area contributed by atoms with Gasteiger partial charge in [0.1, 0.15) is 5.82 Å². The van der Waals surface area contributed by atoms with Gasteiger partial charge in [-0.2, -0.15) is 9.29 Å². The van der Waals surface area contributed by atoms with Crippen LogP contribution in [0, 0.1) is 0 Å². The smallest absolute Gasteiger partial charge is 0.383 e. The summed E-state index contributed by atoms with van der Waals surface area (Å²) in [7, 11) is -14.2. The van der Waals surface area contributed by atoms with Gasteiger partial charge in [-0.15, -0.1) is 4.62 Å². The van der Waals surface area contributed by atoms with E-state index in [0.29, 0.717) is 0 Å². The number of aromatic nitrogens is 2. The van der Waals surface area contributed by atoms with Gasteiger partial charge in [-0.3, -0.25) is 4.89 Å². The van der Waals surface area contributed by atoms with Crippen LogP contribution < -0.4 is 16.0 Å². The summed E-state index contributed by atoms with van der Waals surface area (Å²) in [6.45, 7) is 0. The third-order valence-corrected chi connectivity index (χ3v) is 4.67. The van der Waals surface area contributed by atoms with Crippen LogP contribution in [0.4, 0.5) is 5.82 Å². The minimum absolute atomic E-state index is 0.163. The van der Waals surface area contributed by atoms with Gasteiger partial charge in [-0.1, -0.05) is 4.73 Å². The van der Waals surface area contributed by atoms with Crippen molar-refractivity contribution in [3.8, 4) is 0 Å². The molecule has 16 heteroatoms. The molecular formula is C4H7N3O10P3+. The Hall–Kier alpha value is -1.16. The van der Waals surface area contributed by atoms with Crippen molar-refractivity contribution < 1.29 is 41.6 Å². The molecule has 0 fully saturated rings. The molecule has 1 rings (SSSR count). The zero-order chi connectivity index (χ0) is 15.6. The first kappa shape index (κ1) is 16.9. The summed E-state index contributed by atoms with van der Waals surface area (Å²) < 4.78 is 44.1. The van der Waals surface area contributed by atoms with E-state index in [1.807, 2.05) is 0 Å². The molecule has 1 heterocycles. The number of anilines is 1. The lowest BCUT2D eigenvalue weighted by atomic mass is 10.6. The molecule has 0 aliphatic rings. The summed E-state index contributed by atoms with van der Waals surface area (Å²) in [6, 6.07) is 1.08. The number of nitrogens with zero attached hydrogens (tertiary/aromatic N) is 2. The van der Waals surface area contributed by atoms with Crippen LogP contribution in [0.25, 0.3) is 0 Å². The van der Waals surface area contributed by atoms with E-state index >= 15 is 0 Å². The van der Waals surface area contributed by atoms with Crippen molar-refractivity contribution in [2.45, 2.75) is 0 Å². The minimum Gasteiger partial charge on any atom is -0.383 e. The molecule has 5 N–H and O–H groups in total. The second-order valence-corrected chi connectivity index (χ2v) is 6.72. The highest BCUT2D eigenvalue weighted by molar-refractivity contribution is 7.64. The lowest BCUT2D eigenvalue weighted by Crippen LogP contribution is -2.26. The molecule has 0 radical (unpaired) electrons. The lowest BCUT2D eigenvalue weighted by molar-refractivity contribution is 0.202. The van der Waals surface area contributed by atoms with Crippen LogP contribution in [-0.4, -0.2) is 24.4 Å². The fourth-order valence-electron chi connectivity index (χ4n) is 0.787. The van der Waals surface area contributed by atoms with E-state index in [1.165, 1.54) is 0 Å². The molecule has 0 bridgehead atoms. The van der Waals surface area contributed by atoms with E-state index in [1.54, 1.807) is 0 Å². The van der Waals surface area contributed by atoms with E-state index in [9.17, 15) is 18.5 Å². The first-order chi connectivity index (χ1) is 8.98. The molecule has 2 unspecified atom stereocenters. The molecule has 0 aliphatic carbocycles. The molecule has 2 atom stereocenters. The Labute approximate surface area is 110 Å². The molecule has 0 spiro atoms. The molecule has 0 saturated carbocycles. The number of nitrogen functional groups attached to an aromatic ring is 1.